The summed E-state index contributed by atoms with van der Waals surface area (Å²) in [4.78, 5) is 16.3. The van der Waals surface area contributed by atoms with E-state index in [4.69, 9.17) is 5.11 Å². The van der Waals surface area contributed by atoms with Gasteiger partial charge in [-0.2, -0.15) is 0 Å². The van der Waals surface area contributed by atoms with Crippen molar-refractivity contribution in [2.24, 2.45) is 5.41 Å². The first kappa shape index (κ1) is 16.2. The summed E-state index contributed by atoms with van der Waals surface area (Å²) in [5.74, 6) is 5.48. The van der Waals surface area contributed by atoms with Gasteiger partial charge in [-0.15, -0.1) is 0 Å². The fourth-order valence-corrected chi connectivity index (χ4v) is 1.43. The Morgan fingerprint density at radius 3 is 2.90 bits per heavy atom. The number of nitrogens with one attached hydrogen (secondary N) is 1. The largest absolute Gasteiger partial charge is 0.395 e. The molecule has 0 bridgehead atoms. The maximum atomic E-state index is 12.2. The van der Waals surface area contributed by atoms with Crippen molar-refractivity contribution in [2.45, 2.75) is 33.6 Å². The molecule has 0 saturated heterocycles. The molecule has 0 fully saturated rings. The van der Waals surface area contributed by atoms with Gasteiger partial charge in [0.05, 0.1) is 12.2 Å². The standard InChI is InChI=1S/C16H22N2O2/c1-4-16(2,3)12-18-15(20)14-13(8-5-6-11-19)9-7-10-17-14/h7,9-10,19H,4,6,11-12H2,1-3H3,(H,18,20). The van der Waals surface area contributed by atoms with E-state index in [2.05, 4.69) is 42.9 Å². The van der Waals surface area contributed by atoms with E-state index < -0.39 is 0 Å². The number of pyridine rings is 1. The molecule has 0 aromatic carbocycles. The summed E-state index contributed by atoms with van der Waals surface area (Å²) in [5, 5.41) is 11.6. The molecule has 0 saturated carbocycles. The third kappa shape index (κ3) is 5.02. The van der Waals surface area contributed by atoms with Crippen molar-refractivity contribution in [3.63, 3.8) is 0 Å². The van der Waals surface area contributed by atoms with Gasteiger partial charge >= 0.3 is 0 Å². The lowest BCUT2D eigenvalue weighted by Crippen LogP contribution is -2.34. The molecule has 0 aliphatic carbocycles. The van der Waals surface area contributed by atoms with Gasteiger partial charge in [-0.3, -0.25) is 4.79 Å². The van der Waals surface area contributed by atoms with Crippen molar-refractivity contribution in [1.29, 1.82) is 0 Å². The number of hydrogen-bond donors (Lipinski definition) is 2. The van der Waals surface area contributed by atoms with Gasteiger partial charge < -0.3 is 10.4 Å². The Morgan fingerprint density at radius 1 is 1.50 bits per heavy atom. The summed E-state index contributed by atoms with van der Waals surface area (Å²) in [7, 11) is 0. The molecule has 108 valence electrons. The minimum atomic E-state index is -0.208. The average Bonchev–Trinajstić information content (AvgIpc) is 2.46. The van der Waals surface area contributed by atoms with E-state index in [9.17, 15) is 4.79 Å². The predicted octanol–water partition coefficient (Wildman–Crippen LogP) is 1.98. The molecule has 4 heteroatoms. The number of aromatic nitrogens is 1. The number of carbonyl (C=O) groups is 1. The van der Waals surface area contributed by atoms with Gasteiger partial charge in [-0.25, -0.2) is 4.98 Å². The highest BCUT2D eigenvalue weighted by Gasteiger charge is 2.18. The fraction of sp³-hybridized carbons (Fsp3) is 0.500. The van der Waals surface area contributed by atoms with E-state index in [0.717, 1.165) is 6.42 Å². The molecule has 1 heterocycles. The highest BCUT2D eigenvalue weighted by atomic mass is 16.2. The lowest BCUT2D eigenvalue weighted by molar-refractivity contribution is 0.0930. The second kappa shape index (κ2) is 7.66. The molecule has 0 radical (unpaired) electrons. The molecule has 0 atom stereocenters. The van der Waals surface area contributed by atoms with Crippen molar-refractivity contribution in [2.75, 3.05) is 13.2 Å². The summed E-state index contributed by atoms with van der Waals surface area (Å²) in [6, 6.07) is 3.51. The summed E-state index contributed by atoms with van der Waals surface area (Å²) >= 11 is 0. The number of nitrogens with zero attached hydrogens (tertiary/aromatic N) is 1. The van der Waals surface area contributed by atoms with Crippen molar-refractivity contribution < 1.29 is 9.90 Å². The Morgan fingerprint density at radius 2 is 2.25 bits per heavy atom. The van der Waals surface area contributed by atoms with Crippen LogP contribution in [0.4, 0.5) is 0 Å². The van der Waals surface area contributed by atoms with Gasteiger partial charge in [0, 0.05) is 19.2 Å². The number of hydrogen-bond acceptors (Lipinski definition) is 3. The molecular formula is C16H22N2O2. The maximum absolute atomic E-state index is 12.2. The Hall–Kier alpha value is -1.86. The SMILES string of the molecule is CCC(C)(C)CNC(=O)c1ncccc1C#CCCO. The first-order chi connectivity index (χ1) is 9.50. The average molecular weight is 274 g/mol. The van der Waals surface area contributed by atoms with Gasteiger partial charge in [0.15, 0.2) is 0 Å². The zero-order valence-electron chi connectivity index (χ0n) is 12.4. The van der Waals surface area contributed by atoms with Crippen LogP contribution in [0.5, 0.6) is 0 Å². The Balaban J connectivity index is 2.81. The van der Waals surface area contributed by atoms with Gasteiger partial charge in [0.25, 0.3) is 5.91 Å². The second-order valence-corrected chi connectivity index (χ2v) is 5.38. The highest BCUT2D eigenvalue weighted by Crippen LogP contribution is 2.18. The summed E-state index contributed by atoms with van der Waals surface area (Å²) < 4.78 is 0. The number of carbonyl (C=O) groups excluding carboxylic acids is 1. The van der Waals surface area contributed by atoms with Gasteiger partial charge in [0.1, 0.15) is 5.69 Å². The second-order valence-electron chi connectivity index (χ2n) is 5.38. The molecule has 0 aliphatic rings. The van der Waals surface area contributed by atoms with E-state index in [1.807, 2.05) is 0 Å². The molecule has 1 aromatic heterocycles. The Labute approximate surface area is 120 Å². The molecule has 1 rings (SSSR count). The monoisotopic (exact) mass is 274 g/mol. The molecule has 2 N–H and O–H groups in total. The van der Waals surface area contributed by atoms with E-state index >= 15 is 0 Å². The Bertz CT molecular complexity index is 513. The van der Waals surface area contributed by atoms with Crippen LogP contribution in [0.2, 0.25) is 0 Å². The zero-order valence-corrected chi connectivity index (χ0v) is 12.4. The Kier molecular flexibility index (Phi) is 6.20. The molecule has 0 unspecified atom stereocenters. The zero-order chi connectivity index (χ0) is 15.0. The van der Waals surface area contributed by atoms with Crippen LogP contribution in [-0.2, 0) is 0 Å². The van der Waals surface area contributed by atoms with Crippen LogP contribution in [0.15, 0.2) is 18.3 Å². The summed E-state index contributed by atoms with van der Waals surface area (Å²) in [5.41, 5.74) is 0.991. The van der Waals surface area contributed by atoms with E-state index in [1.165, 1.54) is 0 Å². The molecule has 4 nitrogen and oxygen atoms in total. The van der Waals surface area contributed by atoms with Crippen LogP contribution in [-0.4, -0.2) is 29.1 Å². The minimum absolute atomic E-state index is 0.0134. The maximum Gasteiger partial charge on any atom is 0.271 e. The molecule has 20 heavy (non-hydrogen) atoms. The number of aliphatic hydroxyl groups is 1. The van der Waals surface area contributed by atoms with Gasteiger partial charge in [0.2, 0.25) is 0 Å². The highest BCUT2D eigenvalue weighted by molar-refractivity contribution is 5.94. The number of amides is 1. The lowest BCUT2D eigenvalue weighted by Gasteiger charge is -2.22. The van der Waals surface area contributed by atoms with Gasteiger partial charge in [-0.1, -0.05) is 32.6 Å². The van der Waals surface area contributed by atoms with Crippen molar-refractivity contribution in [3.05, 3.63) is 29.6 Å². The van der Waals surface area contributed by atoms with E-state index in [0.29, 0.717) is 24.2 Å². The van der Waals surface area contributed by atoms with Crippen LogP contribution in [0.25, 0.3) is 0 Å². The third-order valence-corrected chi connectivity index (χ3v) is 3.17. The molecule has 1 aromatic rings. The number of aliphatic hydroxyl groups excluding tert-OH is 1. The molecule has 1 amide bonds. The lowest BCUT2D eigenvalue weighted by atomic mass is 9.90. The first-order valence-corrected chi connectivity index (χ1v) is 6.83. The van der Waals surface area contributed by atoms with Crippen molar-refractivity contribution in [1.82, 2.24) is 10.3 Å². The predicted molar refractivity (Wildman–Crippen MR) is 79.2 cm³/mol. The van der Waals surface area contributed by atoms with Crippen LogP contribution in [0.1, 0.15) is 49.7 Å². The molecule has 0 aliphatic heterocycles. The van der Waals surface area contributed by atoms with Crippen molar-refractivity contribution >= 4 is 5.91 Å². The normalized spacial score (nSPS) is 10.6. The molecular weight excluding hydrogens is 252 g/mol. The quantitative estimate of drug-likeness (QED) is 0.807. The molecule has 0 spiro atoms. The first-order valence-electron chi connectivity index (χ1n) is 6.83. The minimum Gasteiger partial charge on any atom is -0.395 e. The van der Waals surface area contributed by atoms with E-state index in [-0.39, 0.29) is 17.9 Å². The van der Waals surface area contributed by atoms with Gasteiger partial charge in [-0.05, 0) is 24.0 Å². The fourth-order valence-electron chi connectivity index (χ4n) is 1.43. The third-order valence-electron chi connectivity index (χ3n) is 3.17. The van der Waals surface area contributed by atoms with Crippen molar-refractivity contribution in [3.8, 4) is 11.8 Å². The summed E-state index contributed by atoms with van der Waals surface area (Å²) in [6.07, 6.45) is 2.95. The topological polar surface area (TPSA) is 62.2 Å². The van der Waals surface area contributed by atoms with Crippen LogP contribution >= 0.6 is 0 Å². The number of rotatable bonds is 5. The van der Waals surface area contributed by atoms with E-state index in [1.54, 1.807) is 18.3 Å². The smallest absolute Gasteiger partial charge is 0.271 e. The van der Waals surface area contributed by atoms with Crippen LogP contribution < -0.4 is 5.32 Å². The van der Waals surface area contributed by atoms with Crippen LogP contribution in [0, 0.1) is 17.3 Å². The summed E-state index contributed by atoms with van der Waals surface area (Å²) in [6.45, 7) is 6.92. The van der Waals surface area contributed by atoms with Crippen LogP contribution in [0.3, 0.4) is 0 Å².